The molecule has 2 N–H and O–H groups in total. The summed E-state index contributed by atoms with van der Waals surface area (Å²) in [4.78, 5) is 26.0. The molecule has 0 radical (unpaired) electrons. The smallest absolute Gasteiger partial charge is 0.340 e. The number of carbonyl (C=O) groups excluding carboxylic acids is 2. The van der Waals surface area contributed by atoms with Crippen LogP contribution >= 0.6 is 0 Å². The van der Waals surface area contributed by atoms with Gasteiger partial charge in [-0.25, -0.2) is 4.79 Å². The Bertz CT molecular complexity index is 1350. The van der Waals surface area contributed by atoms with Crippen LogP contribution in [0.4, 0.5) is 5.69 Å². The van der Waals surface area contributed by atoms with Gasteiger partial charge in [0.1, 0.15) is 11.4 Å². The molecule has 5 nitrogen and oxygen atoms in total. The van der Waals surface area contributed by atoms with Crippen LogP contribution in [0.25, 0.3) is 22.3 Å². The number of rotatable bonds is 5. The van der Waals surface area contributed by atoms with Crippen molar-refractivity contribution in [1.82, 2.24) is 0 Å². The topological polar surface area (TPSA) is 75.6 Å². The minimum Gasteiger partial charge on any atom is -0.507 e. The summed E-state index contributed by atoms with van der Waals surface area (Å²) in [5.74, 6) is -0.699. The normalized spacial score (nSPS) is 11.1. The Balaban J connectivity index is 1.65. The maximum absolute atomic E-state index is 13.1. The molecule has 0 atom stereocenters. The van der Waals surface area contributed by atoms with Gasteiger partial charge >= 0.3 is 5.97 Å². The van der Waals surface area contributed by atoms with Crippen molar-refractivity contribution < 1.29 is 19.4 Å². The quantitative estimate of drug-likeness (QED) is 0.313. The number of carbonyl (C=O) groups is 2. The van der Waals surface area contributed by atoms with Gasteiger partial charge < -0.3 is 15.2 Å². The first-order valence-electron chi connectivity index (χ1n) is 11.3. The molecule has 1 amide bonds. The zero-order chi connectivity index (χ0) is 25.0. The summed E-state index contributed by atoms with van der Waals surface area (Å²) in [6.45, 7) is 5.40. The fourth-order valence-corrected chi connectivity index (χ4v) is 3.68. The lowest BCUT2D eigenvalue weighted by atomic mass is 10.0. The van der Waals surface area contributed by atoms with Crippen molar-refractivity contribution in [3.63, 3.8) is 0 Å². The number of esters is 1. The molecule has 176 valence electrons. The van der Waals surface area contributed by atoms with Crippen molar-refractivity contribution in [3.8, 4) is 28.0 Å². The average Bonchev–Trinajstić information content (AvgIpc) is 2.84. The molecule has 4 aromatic rings. The molecular formula is C30H27NO4. The van der Waals surface area contributed by atoms with Gasteiger partial charge in [0.05, 0.1) is 11.3 Å². The summed E-state index contributed by atoms with van der Waals surface area (Å²) in [5, 5.41) is 13.0. The Morgan fingerprint density at radius 2 is 1.37 bits per heavy atom. The minimum atomic E-state index is -0.671. The Kier molecular flexibility index (Phi) is 6.69. The highest BCUT2D eigenvalue weighted by Crippen LogP contribution is 2.30. The largest absolute Gasteiger partial charge is 0.507 e. The van der Waals surface area contributed by atoms with E-state index in [2.05, 4.69) is 5.32 Å². The molecule has 0 saturated carbocycles. The van der Waals surface area contributed by atoms with Gasteiger partial charge in [0.15, 0.2) is 0 Å². The van der Waals surface area contributed by atoms with E-state index >= 15 is 0 Å². The molecule has 0 spiro atoms. The number of anilines is 1. The van der Waals surface area contributed by atoms with E-state index < -0.39 is 11.6 Å². The van der Waals surface area contributed by atoms with E-state index in [-0.39, 0.29) is 17.2 Å². The summed E-state index contributed by atoms with van der Waals surface area (Å²) in [5.41, 5.74) is 3.70. The number of para-hydroxylation sites is 1. The van der Waals surface area contributed by atoms with E-state index in [1.165, 1.54) is 0 Å². The third-order valence-corrected chi connectivity index (χ3v) is 5.36. The van der Waals surface area contributed by atoms with Crippen molar-refractivity contribution in [1.29, 1.82) is 0 Å². The molecule has 0 aliphatic heterocycles. The van der Waals surface area contributed by atoms with Crippen LogP contribution in [0, 0.1) is 0 Å². The first-order chi connectivity index (χ1) is 16.7. The minimum absolute atomic E-state index is 0.171. The second-order valence-electron chi connectivity index (χ2n) is 9.18. The number of hydrogen-bond acceptors (Lipinski definition) is 4. The number of nitrogens with one attached hydrogen (secondary N) is 1. The first-order valence-corrected chi connectivity index (χ1v) is 11.3. The van der Waals surface area contributed by atoms with Gasteiger partial charge in [-0.2, -0.15) is 0 Å². The number of hydrogen-bond donors (Lipinski definition) is 2. The number of benzene rings is 4. The lowest BCUT2D eigenvalue weighted by Gasteiger charge is -2.21. The molecule has 0 bridgehead atoms. The average molecular weight is 466 g/mol. The molecule has 0 heterocycles. The van der Waals surface area contributed by atoms with Crippen LogP contribution < -0.4 is 5.32 Å². The number of phenolic OH excluding ortho intramolecular Hbond substituents is 1. The molecule has 0 saturated heterocycles. The van der Waals surface area contributed by atoms with Gasteiger partial charge in [-0.3, -0.25) is 4.79 Å². The standard InChI is InChI=1S/C30H27NO4/c1-30(2,3)35-29(34)25-18-17-23(20-9-5-4-6-10-20)19-26(25)31-28(33)22-15-13-21(14-16-22)24-11-7-8-12-27(24)32/h4-19,32H,1-3H3,(H,31,33). The second-order valence-corrected chi connectivity index (χ2v) is 9.18. The molecule has 0 aliphatic rings. The molecule has 4 rings (SSSR count). The van der Waals surface area contributed by atoms with Crippen LogP contribution in [0.5, 0.6) is 5.75 Å². The van der Waals surface area contributed by atoms with Crippen LogP contribution in [-0.2, 0) is 4.74 Å². The lowest BCUT2D eigenvalue weighted by Crippen LogP contribution is -2.25. The van der Waals surface area contributed by atoms with Crippen LogP contribution in [0.1, 0.15) is 41.5 Å². The molecule has 0 aliphatic carbocycles. The Morgan fingerprint density at radius 3 is 2.03 bits per heavy atom. The number of phenols is 1. The van der Waals surface area contributed by atoms with Crippen molar-refractivity contribution in [2.24, 2.45) is 0 Å². The van der Waals surface area contributed by atoms with Crippen LogP contribution in [0.15, 0.2) is 97.1 Å². The summed E-state index contributed by atoms with van der Waals surface area (Å²) in [6.07, 6.45) is 0. The third kappa shape index (κ3) is 5.76. The first kappa shape index (κ1) is 23.8. The second kappa shape index (κ2) is 9.85. The monoisotopic (exact) mass is 465 g/mol. The maximum Gasteiger partial charge on any atom is 0.340 e. The number of aromatic hydroxyl groups is 1. The van der Waals surface area contributed by atoms with E-state index in [9.17, 15) is 14.7 Å². The van der Waals surface area contributed by atoms with Crippen molar-refractivity contribution in [3.05, 3.63) is 108 Å². The molecule has 0 unspecified atom stereocenters. The van der Waals surface area contributed by atoms with E-state index in [0.29, 0.717) is 16.8 Å². The summed E-state index contributed by atoms with van der Waals surface area (Å²) in [7, 11) is 0. The number of amides is 1. The summed E-state index contributed by atoms with van der Waals surface area (Å²) >= 11 is 0. The predicted octanol–water partition coefficient (Wildman–Crippen LogP) is 6.93. The predicted molar refractivity (Wildman–Crippen MR) is 139 cm³/mol. The fraction of sp³-hybridized carbons (Fsp3) is 0.133. The molecule has 35 heavy (non-hydrogen) atoms. The molecule has 5 heteroatoms. The Morgan fingerprint density at radius 1 is 0.743 bits per heavy atom. The van der Waals surface area contributed by atoms with Gasteiger partial charge in [-0.15, -0.1) is 0 Å². The zero-order valence-electron chi connectivity index (χ0n) is 19.9. The van der Waals surface area contributed by atoms with Gasteiger partial charge in [0.2, 0.25) is 0 Å². The van der Waals surface area contributed by atoms with Crippen molar-refractivity contribution in [2.45, 2.75) is 26.4 Å². The van der Waals surface area contributed by atoms with Gasteiger partial charge in [-0.05, 0) is 67.8 Å². The van der Waals surface area contributed by atoms with Gasteiger partial charge in [-0.1, -0.05) is 66.7 Å². The Hall–Kier alpha value is -4.38. The van der Waals surface area contributed by atoms with Crippen LogP contribution in [0.3, 0.4) is 0 Å². The van der Waals surface area contributed by atoms with Gasteiger partial charge in [0.25, 0.3) is 5.91 Å². The SMILES string of the molecule is CC(C)(C)OC(=O)c1ccc(-c2ccccc2)cc1NC(=O)c1ccc(-c2ccccc2O)cc1. The summed E-state index contributed by atoms with van der Waals surface area (Å²) in [6, 6.07) is 29.0. The van der Waals surface area contributed by atoms with Crippen LogP contribution in [0.2, 0.25) is 0 Å². The van der Waals surface area contributed by atoms with E-state index in [4.69, 9.17) is 4.74 Å². The highest BCUT2D eigenvalue weighted by atomic mass is 16.6. The highest BCUT2D eigenvalue weighted by Gasteiger charge is 2.22. The fourth-order valence-electron chi connectivity index (χ4n) is 3.68. The molecule has 0 fully saturated rings. The third-order valence-electron chi connectivity index (χ3n) is 5.36. The molecule has 4 aromatic carbocycles. The van der Waals surface area contributed by atoms with Crippen molar-refractivity contribution >= 4 is 17.6 Å². The zero-order valence-corrected chi connectivity index (χ0v) is 19.9. The van der Waals surface area contributed by atoms with Gasteiger partial charge in [0, 0.05) is 11.1 Å². The summed E-state index contributed by atoms with van der Waals surface area (Å²) < 4.78 is 5.56. The maximum atomic E-state index is 13.1. The van der Waals surface area contributed by atoms with E-state index in [1.807, 2.05) is 48.5 Å². The Labute approximate surface area is 205 Å². The highest BCUT2D eigenvalue weighted by molar-refractivity contribution is 6.08. The molecule has 0 aromatic heterocycles. The van der Waals surface area contributed by atoms with E-state index in [1.54, 1.807) is 69.3 Å². The van der Waals surface area contributed by atoms with Crippen LogP contribution in [-0.4, -0.2) is 22.6 Å². The lowest BCUT2D eigenvalue weighted by molar-refractivity contribution is 0.00708. The number of ether oxygens (including phenoxy) is 1. The molecular weight excluding hydrogens is 438 g/mol. The van der Waals surface area contributed by atoms with Crippen molar-refractivity contribution in [2.75, 3.05) is 5.32 Å². The van der Waals surface area contributed by atoms with E-state index in [0.717, 1.165) is 16.7 Å².